The number of carbonyl (C=O) groups excluding carboxylic acids is 1. The molecule has 1 saturated heterocycles. The number of aromatic carboxylic acids is 1. The second kappa shape index (κ2) is 5.63. The van der Waals surface area contributed by atoms with Gasteiger partial charge >= 0.3 is 5.97 Å². The molecule has 0 aromatic heterocycles. The molecule has 1 aliphatic rings. The molecule has 1 unspecified atom stereocenters. The van der Waals surface area contributed by atoms with E-state index in [1.165, 1.54) is 24.3 Å². The van der Waals surface area contributed by atoms with Crippen LogP contribution in [-0.4, -0.2) is 35.2 Å². The summed E-state index contributed by atoms with van der Waals surface area (Å²) >= 11 is 0. The first-order chi connectivity index (χ1) is 9.37. The van der Waals surface area contributed by atoms with Gasteiger partial charge in [0, 0.05) is 12.1 Å². The van der Waals surface area contributed by atoms with Crippen molar-refractivity contribution in [3.63, 3.8) is 0 Å². The van der Waals surface area contributed by atoms with Crippen molar-refractivity contribution >= 4 is 11.9 Å². The largest absolute Gasteiger partial charge is 0.478 e. The number of ether oxygens (including phenoxy) is 1. The van der Waals surface area contributed by atoms with Crippen molar-refractivity contribution in [3.8, 4) is 0 Å². The van der Waals surface area contributed by atoms with Crippen molar-refractivity contribution in [1.82, 2.24) is 5.32 Å². The number of hydrogen-bond donors (Lipinski definition) is 2. The lowest BCUT2D eigenvalue weighted by Gasteiger charge is -2.19. The van der Waals surface area contributed by atoms with Crippen LogP contribution in [0, 0.1) is 0 Å². The van der Waals surface area contributed by atoms with Crippen LogP contribution in [0.2, 0.25) is 0 Å². The first-order valence-corrected chi connectivity index (χ1v) is 6.67. The summed E-state index contributed by atoms with van der Waals surface area (Å²) < 4.78 is 5.79. The topological polar surface area (TPSA) is 75.6 Å². The monoisotopic (exact) mass is 277 g/mol. The molecule has 20 heavy (non-hydrogen) atoms. The highest BCUT2D eigenvalue weighted by molar-refractivity contribution is 5.95. The summed E-state index contributed by atoms with van der Waals surface area (Å²) in [6, 6.07) is 5.87. The van der Waals surface area contributed by atoms with Gasteiger partial charge in [0.1, 0.15) is 0 Å². The number of benzene rings is 1. The molecule has 1 amide bonds. The number of hydrogen-bond acceptors (Lipinski definition) is 3. The highest BCUT2D eigenvalue weighted by Crippen LogP contribution is 2.28. The minimum atomic E-state index is -1.00. The molecular formula is C15H19NO4. The summed E-state index contributed by atoms with van der Waals surface area (Å²) in [6.07, 6.45) is 1.97. The second-order valence-electron chi connectivity index (χ2n) is 5.63. The maximum Gasteiger partial charge on any atom is 0.335 e. The molecule has 1 fully saturated rings. The van der Waals surface area contributed by atoms with Crippen molar-refractivity contribution in [2.75, 3.05) is 6.54 Å². The van der Waals surface area contributed by atoms with Gasteiger partial charge in [-0.2, -0.15) is 0 Å². The van der Waals surface area contributed by atoms with E-state index in [0.29, 0.717) is 12.1 Å². The van der Waals surface area contributed by atoms with E-state index in [0.717, 1.165) is 12.8 Å². The van der Waals surface area contributed by atoms with E-state index in [1.807, 2.05) is 13.8 Å². The fourth-order valence-electron chi connectivity index (χ4n) is 2.29. The predicted octanol–water partition coefficient (Wildman–Crippen LogP) is 2.07. The molecule has 1 aromatic rings. The Bertz CT molecular complexity index is 507. The molecule has 0 spiro atoms. The van der Waals surface area contributed by atoms with Gasteiger partial charge < -0.3 is 15.2 Å². The van der Waals surface area contributed by atoms with Gasteiger partial charge in [0.2, 0.25) is 0 Å². The number of carbonyl (C=O) groups is 2. The van der Waals surface area contributed by atoms with Crippen LogP contribution in [0.3, 0.4) is 0 Å². The molecule has 5 nitrogen and oxygen atoms in total. The Morgan fingerprint density at radius 1 is 1.30 bits per heavy atom. The van der Waals surface area contributed by atoms with Gasteiger partial charge in [0.05, 0.1) is 17.3 Å². The van der Waals surface area contributed by atoms with Crippen LogP contribution in [-0.2, 0) is 4.74 Å². The molecule has 2 N–H and O–H groups in total. The maximum atomic E-state index is 11.9. The summed E-state index contributed by atoms with van der Waals surface area (Å²) in [4.78, 5) is 22.7. The van der Waals surface area contributed by atoms with Crippen LogP contribution in [0.4, 0.5) is 0 Å². The van der Waals surface area contributed by atoms with Gasteiger partial charge in [-0.1, -0.05) is 0 Å². The lowest BCUT2D eigenvalue weighted by atomic mass is 10.1. The first kappa shape index (κ1) is 14.5. The molecule has 1 aliphatic heterocycles. The molecule has 108 valence electrons. The van der Waals surface area contributed by atoms with E-state index in [9.17, 15) is 9.59 Å². The van der Waals surface area contributed by atoms with Crippen molar-refractivity contribution in [1.29, 1.82) is 0 Å². The Hall–Kier alpha value is -1.88. The SMILES string of the molecule is CC1(C)CCC(CNC(=O)c2ccc(C(=O)O)cc2)O1. The van der Waals surface area contributed by atoms with Crippen LogP contribution < -0.4 is 5.32 Å². The summed E-state index contributed by atoms with van der Waals surface area (Å²) in [5, 5.41) is 11.6. The number of carboxylic acid groups (broad SMARTS) is 1. The van der Waals surface area contributed by atoms with Crippen molar-refractivity contribution < 1.29 is 19.4 Å². The number of carboxylic acids is 1. The first-order valence-electron chi connectivity index (χ1n) is 6.67. The Morgan fingerprint density at radius 2 is 1.90 bits per heavy atom. The van der Waals surface area contributed by atoms with Gasteiger partial charge in [-0.3, -0.25) is 4.79 Å². The van der Waals surface area contributed by atoms with Gasteiger partial charge in [0.15, 0.2) is 0 Å². The Balaban J connectivity index is 1.87. The predicted molar refractivity (Wildman–Crippen MR) is 73.9 cm³/mol. The molecule has 0 saturated carbocycles. The molecule has 1 aromatic carbocycles. The van der Waals surface area contributed by atoms with Crippen molar-refractivity contribution in [3.05, 3.63) is 35.4 Å². The number of nitrogens with one attached hydrogen (secondary N) is 1. The van der Waals surface area contributed by atoms with Crippen LogP contribution in [0.25, 0.3) is 0 Å². The lowest BCUT2D eigenvalue weighted by molar-refractivity contribution is -0.0138. The summed E-state index contributed by atoms with van der Waals surface area (Å²) in [7, 11) is 0. The van der Waals surface area contributed by atoms with E-state index < -0.39 is 5.97 Å². The van der Waals surface area contributed by atoms with Crippen molar-refractivity contribution in [2.24, 2.45) is 0 Å². The van der Waals surface area contributed by atoms with Crippen molar-refractivity contribution in [2.45, 2.75) is 38.4 Å². The summed E-state index contributed by atoms with van der Waals surface area (Å²) in [5.74, 6) is -1.21. The third-order valence-corrected chi connectivity index (χ3v) is 3.44. The maximum absolute atomic E-state index is 11.9. The zero-order chi connectivity index (χ0) is 14.8. The van der Waals surface area contributed by atoms with Crippen LogP contribution >= 0.6 is 0 Å². The van der Waals surface area contributed by atoms with Gasteiger partial charge in [-0.25, -0.2) is 4.79 Å². The van der Waals surface area contributed by atoms with E-state index in [-0.39, 0.29) is 23.2 Å². The second-order valence-corrected chi connectivity index (χ2v) is 5.63. The van der Waals surface area contributed by atoms with E-state index in [4.69, 9.17) is 9.84 Å². The fourth-order valence-corrected chi connectivity index (χ4v) is 2.29. The fraction of sp³-hybridized carbons (Fsp3) is 0.467. The van der Waals surface area contributed by atoms with Gasteiger partial charge in [0.25, 0.3) is 5.91 Å². The lowest BCUT2D eigenvalue weighted by Crippen LogP contribution is -2.33. The van der Waals surface area contributed by atoms with Gasteiger partial charge in [-0.05, 0) is 51.0 Å². The zero-order valence-electron chi connectivity index (χ0n) is 11.7. The molecular weight excluding hydrogens is 258 g/mol. The third-order valence-electron chi connectivity index (χ3n) is 3.44. The van der Waals surface area contributed by atoms with Gasteiger partial charge in [-0.15, -0.1) is 0 Å². The average molecular weight is 277 g/mol. The molecule has 2 rings (SSSR count). The average Bonchev–Trinajstić information content (AvgIpc) is 2.75. The number of amides is 1. The zero-order valence-corrected chi connectivity index (χ0v) is 11.7. The van der Waals surface area contributed by atoms with E-state index in [2.05, 4.69) is 5.32 Å². The van der Waals surface area contributed by atoms with Crippen LogP contribution in [0.1, 0.15) is 47.4 Å². The highest BCUT2D eigenvalue weighted by Gasteiger charge is 2.31. The Morgan fingerprint density at radius 3 is 2.40 bits per heavy atom. The van der Waals surface area contributed by atoms with Crippen LogP contribution in [0.15, 0.2) is 24.3 Å². The summed E-state index contributed by atoms with van der Waals surface area (Å²) in [6.45, 7) is 4.56. The Labute approximate surface area is 117 Å². The molecule has 0 bridgehead atoms. The molecule has 1 atom stereocenters. The Kier molecular flexibility index (Phi) is 4.09. The minimum Gasteiger partial charge on any atom is -0.478 e. The highest BCUT2D eigenvalue weighted by atomic mass is 16.5. The normalized spacial score (nSPS) is 20.6. The standard InChI is InChI=1S/C15H19NO4/c1-15(2)8-7-12(20-15)9-16-13(17)10-3-5-11(6-4-10)14(18)19/h3-6,12H,7-9H2,1-2H3,(H,16,17)(H,18,19). The molecule has 0 radical (unpaired) electrons. The van der Waals surface area contributed by atoms with E-state index in [1.54, 1.807) is 0 Å². The molecule has 1 heterocycles. The number of rotatable bonds is 4. The van der Waals surface area contributed by atoms with E-state index >= 15 is 0 Å². The summed E-state index contributed by atoms with van der Waals surface area (Å²) in [5.41, 5.74) is 0.508. The third kappa shape index (κ3) is 3.57. The smallest absolute Gasteiger partial charge is 0.335 e. The quantitative estimate of drug-likeness (QED) is 0.883. The molecule has 5 heteroatoms. The molecule has 0 aliphatic carbocycles. The minimum absolute atomic E-state index is 0.0484. The van der Waals surface area contributed by atoms with Crippen LogP contribution in [0.5, 0.6) is 0 Å².